The van der Waals surface area contributed by atoms with Crippen LogP contribution in [0.5, 0.6) is 0 Å². The van der Waals surface area contributed by atoms with Gasteiger partial charge in [-0.1, -0.05) is 23.4 Å². The van der Waals surface area contributed by atoms with E-state index in [9.17, 15) is 0 Å². The van der Waals surface area contributed by atoms with Crippen LogP contribution in [0.2, 0.25) is 0 Å². The number of thioether (sulfide) groups is 2. The molecule has 84 valence electrons. The second-order valence-electron chi connectivity index (χ2n) is 3.91. The zero-order valence-electron chi connectivity index (χ0n) is 9.69. The Labute approximate surface area is 106 Å². The Kier molecular flexibility index (Phi) is 4.19. The van der Waals surface area contributed by atoms with Crippen LogP contribution in [0.3, 0.4) is 0 Å². The van der Waals surface area contributed by atoms with Crippen LogP contribution in [0, 0.1) is 0 Å². The van der Waals surface area contributed by atoms with Crippen molar-refractivity contribution in [3.63, 3.8) is 0 Å². The lowest BCUT2D eigenvalue weighted by atomic mass is 10.1. The van der Waals surface area contributed by atoms with Crippen molar-refractivity contribution in [1.29, 1.82) is 0 Å². The summed E-state index contributed by atoms with van der Waals surface area (Å²) in [5.74, 6) is 0. The smallest absolute Gasteiger partial charge is 0.0123 e. The third kappa shape index (κ3) is 3.19. The molecule has 0 unspecified atom stereocenters. The van der Waals surface area contributed by atoms with Crippen LogP contribution < -0.4 is 0 Å². The van der Waals surface area contributed by atoms with E-state index in [1.807, 2.05) is 11.8 Å². The van der Waals surface area contributed by atoms with E-state index >= 15 is 0 Å². The standard InChI is InChI=1S/C14H16S2/c1-11-4-3-5-14(10-11)16-13-8-6-12(15-2)7-9-13/h5-10H,3-4H2,1-2H3. The van der Waals surface area contributed by atoms with Gasteiger partial charge in [-0.05, 0) is 56.4 Å². The van der Waals surface area contributed by atoms with Crippen LogP contribution in [0.4, 0.5) is 0 Å². The molecule has 2 rings (SSSR count). The molecule has 0 aromatic heterocycles. The molecule has 0 bridgehead atoms. The second kappa shape index (κ2) is 5.65. The van der Waals surface area contributed by atoms with Crippen molar-refractivity contribution in [2.75, 3.05) is 6.26 Å². The molecule has 0 fully saturated rings. The summed E-state index contributed by atoms with van der Waals surface area (Å²) in [6.45, 7) is 2.21. The molecular formula is C14H16S2. The predicted octanol–water partition coefficient (Wildman–Crippen LogP) is 5.12. The maximum atomic E-state index is 2.33. The van der Waals surface area contributed by atoms with Crippen LogP contribution in [0.25, 0.3) is 0 Å². The van der Waals surface area contributed by atoms with E-state index in [2.05, 4.69) is 49.6 Å². The van der Waals surface area contributed by atoms with E-state index in [0.29, 0.717) is 0 Å². The molecule has 0 radical (unpaired) electrons. The van der Waals surface area contributed by atoms with E-state index in [1.54, 1.807) is 11.8 Å². The number of benzene rings is 1. The fourth-order valence-corrected chi connectivity index (χ4v) is 3.08. The lowest BCUT2D eigenvalue weighted by molar-refractivity contribution is 0.958. The highest BCUT2D eigenvalue weighted by Crippen LogP contribution is 2.32. The molecule has 0 heterocycles. The quantitative estimate of drug-likeness (QED) is 0.681. The van der Waals surface area contributed by atoms with Crippen LogP contribution in [0.15, 0.2) is 56.7 Å². The molecule has 1 aliphatic carbocycles. The Morgan fingerprint density at radius 3 is 2.38 bits per heavy atom. The summed E-state index contributed by atoms with van der Waals surface area (Å²) in [4.78, 5) is 4.05. The maximum absolute atomic E-state index is 2.33. The highest BCUT2D eigenvalue weighted by Gasteiger charge is 2.03. The SMILES string of the molecule is CSc1ccc(SC2=CCCC(C)=C2)cc1. The summed E-state index contributed by atoms with van der Waals surface area (Å²) < 4.78 is 0. The summed E-state index contributed by atoms with van der Waals surface area (Å²) in [6, 6.07) is 8.78. The van der Waals surface area contributed by atoms with Crippen molar-refractivity contribution in [3.05, 3.63) is 46.9 Å². The van der Waals surface area contributed by atoms with Gasteiger partial charge in [0, 0.05) is 14.7 Å². The number of rotatable bonds is 3. The molecule has 0 aliphatic heterocycles. The van der Waals surface area contributed by atoms with Gasteiger partial charge in [-0.3, -0.25) is 0 Å². The van der Waals surface area contributed by atoms with Gasteiger partial charge in [-0.25, -0.2) is 0 Å². The highest BCUT2D eigenvalue weighted by atomic mass is 32.2. The van der Waals surface area contributed by atoms with Crippen LogP contribution in [0.1, 0.15) is 19.8 Å². The van der Waals surface area contributed by atoms with Gasteiger partial charge in [0.25, 0.3) is 0 Å². The predicted molar refractivity (Wildman–Crippen MR) is 75.2 cm³/mol. The average molecular weight is 248 g/mol. The molecule has 0 spiro atoms. The zero-order valence-corrected chi connectivity index (χ0v) is 11.3. The third-order valence-corrected chi connectivity index (χ3v) is 4.34. The minimum absolute atomic E-state index is 1.19. The van der Waals surface area contributed by atoms with E-state index in [-0.39, 0.29) is 0 Å². The molecule has 0 nitrogen and oxygen atoms in total. The third-order valence-electron chi connectivity index (χ3n) is 2.57. The lowest BCUT2D eigenvalue weighted by Gasteiger charge is -2.10. The Morgan fingerprint density at radius 2 is 1.75 bits per heavy atom. The maximum Gasteiger partial charge on any atom is 0.0123 e. The molecular weight excluding hydrogens is 232 g/mol. The van der Waals surface area contributed by atoms with Crippen molar-refractivity contribution in [1.82, 2.24) is 0 Å². The largest absolute Gasteiger partial charge is 0.130 e. The van der Waals surface area contributed by atoms with E-state index < -0.39 is 0 Å². The zero-order chi connectivity index (χ0) is 11.4. The molecule has 0 N–H and O–H groups in total. The molecule has 2 heteroatoms. The number of allylic oxidation sites excluding steroid dienone is 3. The minimum atomic E-state index is 1.19. The van der Waals surface area contributed by atoms with Crippen LogP contribution in [-0.2, 0) is 0 Å². The summed E-state index contributed by atoms with van der Waals surface area (Å²) in [6.07, 6.45) is 9.15. The van der Waals surface area contributed by atoms with Crippen molar-refractivity contribution < 1.29 is 0 Å². The first kappa shape index (κ1) is 11.9. The monoisotopic (exact) mass is 248 g/mol. The van der Waals surface area contributed by atoms with Crippen LogP contribution in [-0.4, -0.2) is 6.26 Å². The van der Waals surface area contributed by atoms with E-state index in [0.717, 1.165) is 0 Å². The first-order valence-corrected chi connectivity index (χ1v) is 7.51. The first-order chi connectivity index (χ1) is 7.78. The van der Waals surface area contributed by atoms with Gasteiger partial charge in [0.05, 0.1) is 0 Å². The fourth-order valence-electron chi connectivity index (χ4n) is 1.67. The van der Waals surface area contributed by atoms with Gasteiger partial charge in [-0.2, -0.15) is 0 Å². The molecule has 1 aromatic rings. The Bertz CT molecular complexity index is 413. The molecule has 16 heavy (non-hydrogen) atoms. The summed E-state index contributed by atoms with van der Waals surface area (Å²) in [5.41, 5.74) is 1.49. The average Bonchev–Trinajstić information content (AvgIpc) is 2.30. The molecule has 0 saturated carbocycles. The van der Waals surface area contributed by atoms with Crippen LogP contribution >= 0.6 is 23.5 Å². The summed E-state index contributed by atoms with van der Waals surface area (Å²) in [7, 11) is 0. The fraction of sp³-hybridized carbons (Fsp3) is 0.286. The van der Waals surface area contributed by atoms with Crippen molar-refractivity contribution in [2.24, 2.45) is 0 Å². The molecule has 1 aliphatic rings. The second-order valence-corrected chi connectivity index (χ2v) is 5.94. The molecule has 0 atom stereocenters. The molecule has 0 saturated heterocycles. The normalized spacial score (nSPS) is 15.6. The summed E-state index contributed by atoms with van der Waals surface area (Å²) >= 11 is 3.65. The first-order valence-electron chi connectivity index (χ1n) is 5.47. The van der Waals surface area contributed by atoms with Crippen molar-refractivity contribution in [2.45, 2.75) is 29.6 Å². The van der Waals surface area contributed by atoms with E-state index in [4.69, 9.17) is 0 Å². The van der Waals surface area contributed by atoms with Gasteiger partial charge in [0.2, 0.25) is 0 Å². The van der Waals surface area contributed by atoms with Gasteiger partial charge in [0.15, 0.2) is 0 Å². The lowest BCUT2D eigenvalue weighted by Crippen LogP contribution is -1.86. The Hall–Kier alpha value is -0.600. The van der Waals surface area contributed by atoms with Crippen molar-refractivity contribution >= 4 is 23.5 Å². The summed E-state index contributed by atoms with van der Waals surface area (Å²) in [5, 5.41) is 0. The topological polar surface area (TPSA) is 0 Å². The minimum Gasteiger partial charge on any atom is -0.130 e. The number of hydrogen-bond donors (Lipinski definition) is 0. The number of hydrogen-bond acceptors (Lipinski definition) is 2. The Morgan fingerprint density at radius 1 is 1.06 bits per heavy atom. The highest BCUT2D eigenvalue weighted by molar-refractivity contribution is 8.03. The van der Waals surface area contributed by atoms with Gasteiger partial charge >= 0.3 is 0 Å². The van der Waals surface area contributed by atoms with Gasteiger partial charge < -0.3 is 0 Å². The van der Waals surface area contributed by atoms with Gasteiger partial charge in [0.1, 0.15) is 0 Å². The molecule has 0 amide bonds. The molecule has 1 aromatic carbocycles. The van der Waals surface area contributed by atoms with E-state index in [1.165, 1.54) is 33.1 Å². The van der Waals surface area contributed by atoms with Gasteiger partial charge in [-0.15, -0.1) is 11.8 Å². The van der Waals surface area contributed by atoms with Crippen molar-refractivity contribution in [3.8, 4) is 0 Å². The Balaban J connectivity index is 2.06.